The number of carbonyl (C=O) groups is 1. The Morgan fingerprint density at radius 3 is 2.57 bits per heavy atom. The number of aryl methyl sites for hydroxylation is 1. The Morgan fingerprint density at radius 2 is 2.04 bits per heavy atom. The number of nitriles is 1. The molecule has 2 rings (SSSR count). The fraction of sp³-hybridized carbons (Fsp3) is 0.200. The Morgan fingerprint density at radius 1 is 1.39 bits per heavy atom. The van der Waals surface area contributed by atoms with Gasteiger partial charge in [0.15, 0.2) is 15.5 Å². The number of rotatable bonds is 3. The number of sulfone groups is 1. The van der Waals surface area contributed by atoms with Gasteiger partial charge in [0.2, 0.25) is 0 Å². The molecule has 2 aromatic rings. The topological polar surface area (TPSA) is 115 Å². The molecule has 0 saturated carbocycles. The van der Waals surface area contributed by atoms with Gasteiger partial charge < -0.3 is 15.0 Å². The lowest BCUT2D eigenvalue weighted by molar-refractivity contribution is 0.0593. The molecular weight excluding hydrogens is 318 g/mol. The third-order valence-corrected chi connectivity index (χ3v) is 4.44. The number of anilines is 1. The third kappa shape index (κ3) is 2.91. The molecule has 0 amide bonds. The molecule has 0 atom stereocenters. The lowest BCUT2D eigenvalue weighted by Crippen LogP contribution is -2.13. The maximum atomic E-state index is 12.1. The standard InChI is InChI=1S/C15H15N3O4S/c1-9-4-5-11(12(6-9)23(3,20)21)18-8-10(7-16)13(17)14(18)15(19)22-2/h4-6,8H,17H2,1-3H3. The van der Waals surface area contributed by atoms with Gasteiger partial charge >= 0.3 is 5.97 Å². The number of nitrogen functional groups attached to an aromatic ring is 1. The third-order valence-electron chi connectivity index (χ3n) is 3.32. The lowest BCUT2D eigenvalue weighted by atomic mass is 10.2. The van der Waals surface area contributed by atoms with Crippen LogP contribution in [0.3, 0.4) is 0 Å². The van der Waals surface area contributed by atoms with E-state index >= 15 is 0 Å². The van der Waals surface area contributed by atoms with E-state index in [9.17, 15) is 13.2 Å². The van der Waals surface area contributed by atoms with Gasteiger partial charge in [0.05, 0.1) is 28.9 Å². The van der Waals surface area contributed by atoms with Gasteiger partial charge in [-0.15, -0.1) is 0 Å². The van der Waals surface area contributed by atoms with E-state index in [0.29, 0.717) is 0 Å². The summed E-state index contributed by atoms with van der Waals surface area (Å²) >= 11 is 0. The predicted octanol–water partition coefficient (Wildman–Crippen LogP) is 1.43. The number of hydrogen-bond donors (Lipinski definition) is 1. The van der Waals surface area contributed by atoms with Crippen LogP contribution in [0.4, 0.5) is 5.69 Å². The molecule has 2 N–H and O–H groups in total. The van der Waals surface area contributed by atoms with E-state index in [1.165, 1.54) is 23.9 Å². The number of ether oxygens (including phenoxy) is 1. The number of hydrogen-bond acceptors (Lipinski definition) is 6. The molecular formula is C15H15N3O4S. The highest BCUT2D eigenvalue weighted by molar-refractivity contribution is 7.90. The fourth-order valence-electron chi connectivity index (χ4n) is 2.22. The van der Waals surface area contributed by atoms with Crippen molar-refractivity contribution in [3.05, 3.63) is 41.2 Å². The van der Waals surface area contributed by atoms with Crippen LogP contribution in [-0.4, -0.2) is 32.3 Å². The van der Waals surface area contributed by atoms with Crippen molar-refractivity contribution in [2.75, 3.05) is 19.1 Å². The molecule has 1 heterocycles. The fourth-order valence-corrected chi connectivity index (χ4v) is 3.17. The van der Waals surface area contributed by atoms with Crippen molar-refractivity contribution < 1.29 is 17.9 Å². The van der Waals surface area contributed by atoms with Gasteiger partial charge in [-0.1, -0.05) is 6.07 Å². The van der Waals surface area contributed by atoms with Crippen molar-refractivity contribution in [3.8, 4) is 11.8 Å². The van der Waals surface area contributed by atoms with E-state index in [1.54, 1.807) is 19.1 Å². The molecule has 8 heteroatoms. The summed E-state index contributed by atoms with van der Waals surface area (Å²) in [7, 11) is -2.38. The number of methoxy groups -OCH3 is 1. The molecule has 0 radical (unpaired) electrons. The highest BCUT2D eigenvalue weighted by Crippen LogP contribution is 2.29. The smallest absolute Gasteiger partial charge is 0.357 e. The van der Waals surface area contributed by atoms with E-state index in [1.807, 2.05) is 6.07 Å². The van der Waals surface area contributed by atoms with E-state index in [-0.39, 0.29) is 27.5 Å². The van der Waals surface area contributed by atoms with Crippen molar-refractivity contribution in [3.63, 3.8) is 0 Å². The summed E-state index contributed by atoms with van der Waals surface area (Å²) in [6.45, 7) is 1.75. The van der Waals surface area contributed by atoms with Crippen molar-refractivity contribution in [1.82, 2.24) is 4.57 Å². The van der Waals surface area contributed by atoms with E-state index in [0.717, 1.165) is 11.8 Å². The Hall–Kier alpha value is -2.79. The Kier molecular flexibility index (Phi) is 4.16. The van der Waals surface area contributed by atoms with Crippen LogP contribution in [0.2, 0.25) is 0 Å². The van der Waals surface area contributed by atoms with Gasteiger partial charge in [-0.3, -0.25) is 0 Å². The summed E-state index contributed by atoms with van der Waals surface area (Å²) in [5.74, 6) is -0.760. The zero-order valence-electron chi connectivity index (χ0n) is 12.8. The molecule has 0 spiro atoms. The van der Waals surface area contributed by atoms with E-state index < -0.39 is 15.8 Å². The van der Waals surface area contributed by atoms with Gasteiger partial charge in [0.25, 0.3) is 0 Å². The summed E-state index contributed by atoms with van der Waals surface area (Å²) in [4.78, 5) is 12.0. The highest BCUT2D eigenvalue weighted by Gasteiger charge is 2.25. The van der Waals surface area contributed by atoms with Gasteiger partial charge in [0.1, 0.15) is 6.07 Å². The molecule has 0 saturated heterocycles. The second kappa shape index (κ2) is 5.78. The molecule has 0 unspecified atom stereocenters. The quantitative estimate of drug-likeness (QED) is 0.850. The Bertz CT molecular complexity index is 936. The van der Waals surface area contributed by atoms with Crippen LogP contribution in [0, 0.1) is 18.3 Å². The van der Waals surface area contributed by atoms with Crippen molar-refractivity contribution in [2.24, 2.45) is 0 Å². The first kappa shape index (κ1) is 16.6. The number of aromatic nitrogens is 1. The van der Waals surface area contributed by atoms with E-state index in [4.69, 9.17) is 11.0 Å². The van der Waals surface area contributed by atoms with Crippen LogP contribution in [0.15, 0.2) is 29.3 Å². The monoisotopic (exact) mass is 333 g/mol. The summed E-state index contributed by atoms with van der Waals surface area (Å²) < 4.78 is 30.1. The summed E-state index contributed by atoms with van der Waals surface area (Å²) in [5.41, 5.74) is 6.72. The van der Waals surface area contributed by atoms with Gasteiger partial charge in [-0.05, 0) is 24.6 Å². The van der Waals surface area contributed by atoms with Gasteiger partial charge in [0, 0.05) is 12.5 Å². The minimum Gasteiger partial charge on any atom is -0.464 e. The minimum atomic E-state index is -3.56. The van der Waals surface area contributed by atoms with Crippen molar-refractivity contribution in [1.29, 1.82) is 5.26 Å². The van der Waals surface area contributed by atoms with Crippen LogP contribution >= 0.6 is 0 Å². The van der Waals surface area contributed by atoms with Crippen molar-refractivity contribution >= 4 is 21.5 Å². The maximum absolute atomic E-state index is 12.1. The Balaban J connectivity index is 2.89. The highest BCUT2D eigenvalue weighted by atomic mass is 32.2. The molecule has 1 aromatic heterocycles. The Labute approximate surface area is 133 Å². The molecule has 23 heavy (non-hydrogen) atoms. The molecule has 0 aliphatic rings. The first-order valence-electron chi connectivity index (χ1n) is 6.51. The second-order valence-corrected chi connectivity index (χ2v) is 7.01. The molecule has 0 aliphatic heterocycles. The van der Waals surface area contributed by atoms with Crippen LogP contribution in [0.1, 0.15) is 21.6 Å². The van der Waals surface area contributed by atoms with Crippen molar-refractivity contribution in [2.45, 2.75) is 11.8 Å². The van der Waals surface area contributed by atoms with Crippen LogP contribution in [0.25, 0.3) is 5.69 Å². The largest absolute Gasteiger partial charge is 0.464 e. The number of nitrogens with two attached hydrogens (primary N) is 1. The van der Waals surface area contributed by atoms with Crippen LogP contribution in [-0.2, 0) is 14.6 Å². The molecule has 1 aromatic carbocycles. The number of carbonyl (C=O) groups excluding carboxylic acids is 1. The summed E-state index contributed by atoms with van der Waals surface area (Å²) in [5, 5.41) is 9.12. The second-order valence-electron chi connectivity index (χ2n) is 5.02. The number of nitrogens with zero attached hydrogens (tertiary/aromatic N) is 2. The average Bonchev–Trinajstić information content (AvgIpc) is 2.82. The SMILES string of the molecule is COC(=O)c1c(N)c(C#N)cn1-c1ccc(C)cc1S(C)(=O)=O. The van der Waals surface area contributed by atoms with Gasteiger partial charge in [-0.25, -0.2) is 13.2 Å². The molecule has 0 aliphatic carbocycles. The first-order valence-corrected chi connectivity index (χ1v) is 8.40. The molecule has 7 nitrogen and oxygen atoms in total. The lowest BCUT2D eigenvalue weighted by Gasteiger charge is -2.13. The van der Waals surface area contributed by atoms with Crippen LogP contribution in [0.5, 0.6) is 0 Å². The maximum Gasteiger partial charge on any atom is 0.357 e. The van der Waals surface area contributed by atoms with Crippen LogP contribution < -0.4 is 5.73 Å². The zero-order chi connectivity index (χ0) is 17.4. The number of benzene rings is 1. The average molecular weight is 333 g/mol. The summed E-state index contributed by atoms with van der Waals surface area (Å²) in [6.07, 6.45) is 2.39. The normalized spacial score (nSPS) is 11.0. The molecule has 120 valence electrons. The minimum absolute atomic E-state index is 0.0298. The molecule has 0 bridgehead atoms. The number of esters is 1. The van der Waals surface area contributed by atoms with E-state index in [2.05, 4.69) is 4.74 Å². The molecule has 0 fully saturated rings. The first-order chi connectivity index (χ1) is 10.7. The summed E-state index contributed by atoms with van der Waals surface area (Å²) in [6, 6.07) is 6.62. The predicted molar refractivity (Wildman–Crippen MR) is 84.1 cm³/mol. The zero-order valence-corrected chi connectivity index (χ0v) is 13.6. The van der Waals surface area contributed by atoms with Gasteiger partial charge in [-0.2, -0.15) is 5.26 Å².